The van der Waals surface area contributed by atoms with E-state index in [0.717, 1.165) is 0 Å². The third-order valence-corrected chi connectivity index (χ3v) is 0. The number of hydrogen-bond acceptors (Lipinski definition) is 2. The van der Waals surface area contributed by atoms with E-state index in [4.69, 9.17) is 29.1 Å². The largest absolute Gasteiger partial charge is 0.316 e. The van der Waals surface area contributed by atoms with Gasteiger partial charge in [0.1, 0.15) is 0 Å². The van der Waals surface area contributed by atoms with Crippen molar-refractivity contribution in [2.24, 2.45) is 0 Å². The summed E-state index contributed by atoms with van der Waals surface area (Å²) in [4.78, 5) is 22.9. The Morgan fingerprint density at radius 1 is 1.18 bits per heavy atom. The molecule has 0 saturated heterocycles. The topological polar surface area (TPSA) is 115 Å². The number of carboxylic acid groups (broad SMARTS) is 2. The molecule has 0 bridgehead atoms. The average molecular weight is 239 g/mol. The smallest absolute Gasteiger partial charge is 0.316 e. The van der Waals surface area contributed by atoms with Gasteiger partial charge >= 0.3 is 76.1 Å². The molecule has 0 aromatic heterocycles. The van der Waals surface area contributed by atoms with Crippen LogP contribution >= 0.6 is 0 Å². The van der Waals surface area contributed by atoms with Crippen LogP contribution in [0.15, 0.2) is 0 Å². The average Bonchev–Trinajstić information content (AvgIpc) is 1.25. The second-order valence-electron chi connectivity index (χ2n) is 0.565. The molecule has 6 nitrogen and oxygen atoms in total. The summed E-state index contributed by atoms with van der Waals surface area (Å²) in [7, 11) is -3.13. The summed E-state index contributed by atoms with van der Waals surface area (Å²) in [5.74, 6) is 0. The summed E-state index contributed by atoms with van der Waals surface area (Å²) in [6.45, 7) is 0. The van der Waals surface area contributed by atoms with E-state index in [1.807, 2.05) is 0 Å². The molecule has 0 aliphatic carbocycles. The molecule has 0 spiro atoms. The Labute approximate surface area is 121 Å². The van der Waals surface area contributed by atoms with Gasteiger partial charge in [-0.2, -0.15) is 0 Å². The molecule has 11 heavy (non-hydrogen) atoms. The van der Waals surface area contributed by atoms with Crippen LogP contribution in [-0.4, -0.2) is 113 Å². The van der Waals surface area contributed by atoms with Gasteiger partial charge in [0.25, 0.3) is 0 Å². The van der Waals surface area contributed by atoms with E-state index in [1.165, 1.54) is 0 Å². The molecule has 0 radical (unpaired) electrons. The Hall–Kier alpha value is 1.45. The Morgan fingerprint density at radius 2 is 1.18 bits per heavy atom. The Bertz CT molecular complexity index is 80.6. The van der Waals surface area contributed by atoms with Gasteiger partial charge in [0, 0.05) is 0 Å². The normalized spacial score (nSPS) is 4.36. The molecule has 0 aromatic rings. The van der Waals surface area contributed by atoms with Crippen molar-refractivity contribution in [1.82, 2.24) is 0 Å². The second kappa shape index (κ2) is 22.5. The van der Waals surface area contributed by atoms with Gasteiger partial charge in [-0.25, -0.2) is 4.79 Å². The van der Waals surface area contributed by atoms with Crippen molar-refractivity contribution in [1.29, 1.82) is 0 Å². The fraction of sp³-hybridized carbons (Fsp3) is 0. The van der Waals surface area contributed by atoms with Crippen LogP contribution in [0.25, 0.3) is 0 Å². The summed E-state index contributed by atoms with van der Waals surface area (Å²) in [5, 5.41) is 13.9. The molecule has 0 atom stereocenters. The minimum Gasteiger partial charge on any atom is 0.316 e. The van der Waals surface area contributed by atoms with Crippen molar-refractivity contribution in [3.8, 4) is 0 Å². The molecule has 0 rings (SSSR count). The van der Waals surface area contributed by atoms with Crippen LogP contribution in [-0.2, 0) is 4.46 Å². The zero-order valence-electron chi connectivity index (χ0n) is 3.61. The first-order valence-corrected chi connectivity index (χ1v) is 2.61. The van der Waals surface area contributed by atoms with Crippen LogP contribution in [0.4, 0.5) is 4.79 Å². The van der Waals surface area contributed by atoms with Gasteiger partial charge in [0.2, 0.25) is 0 Å². The standard InChI is InChI=1S/CH2O3.Al.Ca.Mg.H2O3Si.7H/c2-1(3)4;;;;1-4(2)3;;;;;;;/h(H2,2,3,4);;;;1-2H;;;;;;;. The zero-order valence-corrected chi connectivity index (χ0v) is 4.61. The predicted octanol–water partition coefficient (Wildman–Crippen LogP) is -4.41. The maximum Gasteiger partial charge on any atom is 0.316 e. The van der Waals surface area contributed by atoms with Gasteiger partial charge in [0.15, 0.2) is 17.4 Å². The summed E-state index contributed by atoms with van der Waals surface area (Å²) < 4.78 is 8.74. The van der Waals surface area contributed by atoms with Crippen LogP contribution in [0.3, 0.4) is 0 Å². The van der Waals surface area contributed by atoms with E-state index < -0.39 is 15.3 Å². The van der Waals surface area contributed by atoms with Gasteiger partial charge in [-0.15, -0.1) is 0 Å². The molecule has 0 heterocycles. The van der Waals surface area contributed by atoms with Crippen molar-refractivity contribution >= 4 is 93.5 Å². The first-order chi connectivity index (χ1) is 3.46. The van der Waals surface area contributed by atoms with E-state index in [1.54, 1.807) is 0 Å². The first-order valence-electron chi connectivity index (χ1n) is 1.30. The van der Waals surface area contributed by atoms with Crippen molar-refractivity contribution < 1.29 is 29.1 Å². The van der Waals surface area contributed by atoms with Crippen molar-refractivity contribution in [3.05, 3.63) is 0 Å². The predicted molar refractivity (Wildman–Crippen MR) is 48.6 cm³/mol. The van der Waals surface area contributed by atoms with Gasteiger partial charge in [-0.05, 0) is 0 Å². The van der Waals surface area contributed by atoms with E-state index >= 15 is 0 Å². The number of carbonyl (C=O) groups is 1. The fourth-order valence-corrected chi connectivity index (χ4v) is 0. The third-order valence-electron chi connectivity index (χ3n) is 0. The Balaban J connectivity index is -0.0000000171. The minimum atomic E-state index is -3.13. The molecule has 0 saturated carbocycles. The minimum absolute atomic E-state index is 0. The van der Waals surface area contributed by atoms with E-state index in [9.17, 15) is 0 Å². The molecule has 0 unspecified atom stereocenters. The van der Waals surface area contributed by atoms with Gasteiger partial charge in [0.05, 0.1) is 0 Å². The number of hydrogen-bond donors (Lipinski definition) is 4. The molecular weight excluding hydrogens is 227 g/mol. The molecule has 4 N–H and O–H groups in total. The van der Waals surface area contributed by atoms with E-state index in [2.05, 4.69) is 0 Å². The molecule has 62 valence electrons. The quantitative estimate of drug-likeness (QED) is 0.317. The number of rotatable bonds is 0. The van der Waals surface area contributed by atoms with Gasteiger partial charge < -0.3 is 19.8 Å². The van der Waals surface area contributed by atoms with Crippen LogP contribution in [0.2, 0.25) is 0 Å². The van der Waals surface area contributed by atoms with Crippen molar-refractivity contribution in [2.45, 2.75) is 0 Å². The van der Waals surface area contributed by atoms with Gasteiger partial charge in [-0.1, -0.05) is 0 Å². The Morgan fingerprint density at radius 3 is 1.18 bits per heavy atom. The maximum absolute atomic E-state index is 8.74. The third kappa shape index (κ3) is 489. The van der Waals surface area contributed by atoms with E-state index in [-0.39, 0.29) is 78.2 Å². The van der Waals surface area contributed by atoms with E-state index in [0.29, 0.717) is 0 Å². The van der Waals surface area contributed by atoms with Crippen LogP contribution < -0.4 is 0 Å². The van der Waals surface area contributed by atoms with Crippen LogP contribution in [0, 0.1) is 0 Å². The summed E-state index contributed by atoms with van der Waals surface area (Å²) in [6, 6.07) is 0. The van der Waals surface area contributed by atoms with Crippen molar-refractivity contribution in [2.75, 3.05) is 0 Å². The Kier molecular flexibility index (Phi) is 60.2. The molecule has 0 amide bonds. The first kappa shape index (κ1) is 29.4. The van der Waals surface area contributed by atoms with Crippen LogP contribution in [0.1, 0.15) is 0 Å². The molecule has 0 aromatic carbocycles. The summed E-state index contributed by atoms with van der Waals surface area (Å²) in [6.07, 6.45) is -1.83. The molecule has 0 fully saturated rings. The monoisotopic (exact) mass is 238 g/mol. The second-order valence-corrected chi connectivity index (χ2v) is 1.13. The fourth-order valence-electron chi connectivity index (χ4n) is 0. The van der Waals surface area contributed by atoms with Gasteiger partial charge in [-0.3, -0.25) is 4.46 Å². The summed E-state index contributed by atoms with van der Waals surface area (Å²) in [5.41, 5.74) is 0. The van der Waals surface area contributed by atoms with Crippen molar-refractivity contribution in [3.63, 3.8) is 0 Å². The molecule has 0 aliphatic heterocycles. The maximum atomic E-state index is 8.74. The zero-order chi connectivity index (χ0) is 7.15. The molecule has 10 heteroatoms. The summed E-state index contributed by atoms with van der Waals surface area (Å²) >= 11 is 0. The molecule has 0 aliphatic rings. The SMILES string of the molecule is O=C(O)O.O=[Si](O)O.[AlH3].[CaH2].[MgH2]. The molecular formula is CH11AlCaMgO6Si. The van der Waals surface area contributed by atoms with Crippen LogP contribution in [0.5, 0.6) is 0 Å².